The lowest BCUT2D eigenvalue weighted by Crippen LogP contribution is -2.32. The number of hydrogen-bond acceptors (Lipinski definition) is 2. The first-order chi connectivity index (χ1) is 9.12. The van der Waals surface area contributed by atoms with Crippen molar-refractivity contribution >= 4 is 11.4 Å². The molecule has 0 aliphatic rings. The van der Waals surface area contributed by atoms with Gasteiger partial charge in [0.1, 0.15) is 0 Å². The van der Waals surface area contributed by atoms with E-state index in [2.05, 4.69) is 68.8 Å². The Labute approximate surface area is 118 Å². The van der Waals surface area contributed by atoms with Crippen LogP contribution in [-0.2, 0) is 0 Å². The lowest BCUT2D eigenvalue weighted by atomic mass is 10.1. The molecular formula is C17H28N2. The number of hydrogen-bond donors (Lipinski definition) is 1. The van der Waals surface area contributed by atoms with Crippen molar-refractivity contribution in [1.82, 2.24) is 0 Å². The van der Waals surface area contributed by atoms with E-state index in [1.54, 1.807) is 0 Å². The van der Waals surface area contributed by atoms with Crippen LogP contribution in [0.15, 0.2) is 36.9 Å². The van der Waals surface area contributed by atoms with E-state index in [0.717, 1.165) is 19.4 Å². The molecule has 0 amide bonds. The van der Waals surface area contributed by atoms with Gasteiger partial charge in [0.15, 0.2) is 0 Å². The molecule has 0 radical (unpaired) electrons. The van der Waals surface area contributed by atoms with Gasteiger partial charge in [-0.3, -0.25) is 0 Å². The molecule has 0 fully saturated rings. The van der Waals surface area contributed by atoms with Gasteiger partial charge < -0.3 is 10.2 Å². The predicted molar refractivity (Wildman–Crippen MR) is 87.1 cm³/mol. The van der Waals surface area contributed by atoms with Crippen LogP contribution in [0.1, 0.15) is 40.5 Å². The molecule has 0 aliphatic heterocycles. The summed E-state index contributed by atoms with van der Waals surface area (Å²) in [5, 5.41) is 3.49. The highest BCUT2D eigenvalue weighted by Crippen LogP contribution is 2.21. The fourth-order valence-corrected chi connectivity index (χ4v) is 2.04. The van der Waals surface area contributed by atoms with Gasteiger partial charge in [-0.1, -0.05) is 19.9 Å². The van der Waals surface area contributed by atoms with Crippen LogP contribution in [0.5, 0.6) is 0 Å². The molecule has 1 rings (SSSR count). The molecule has 106 valence electrons. The van der Waals surface area contributed by atoms with Crippen molar-refractivity contribution in [3.05, 3.63) is 36.9 Å². The minimum absolute atomic E-state index is 0.518. The van der Waals surface area contributed by atoms with Gasteiger partial charge in [-0.05, 0) is 51.0 Å². The standard InChI is InChI=1S/C17H28N2/c1-6-13-19(15(5)8-3)17-11-9-16(10-12-17)18-14(4)7-2/h6,9-12,14-15,18H,1,7-8,13H2,2-5H3. The van der Waals surface area contributed by atoms with Crippen LogP contribution >= 0.6 is 0 Å². The highest BCUT2D eigenvalue weighted by atomic mass is 15.1. The largest absolute Gasteiger partial charge is 0.383 e. The summed E-state index contributed by atoms with van der Waals surface area (Å²) in [6.07, 6.45) is 4.25. The van der Waals surface area contributed by atoms with Crippen molar-refractivity contribution in [2.75, 3.05) is 16.8 Å². The fraction of sp³-hybridized carbons (Fsp3) is 0.529. The predicted octanol–water partition coefficient (Wildman–Crippen LogP) is 4.69. The van der Waals surface area contributed by atoms with E-state index >= 15 is 0 Å². The molecule has 0 saturated carbocycles. The molecule has 1 aromatic carbocycles. The average Bonchev–Trinajstić information content (AvgIpc) is 2.45. The van der Waals surface area contributed by atoms with Gasteiger partial charge >= 0.3 is 0 Å². The van der Waals surface area contributed by atoms with Gasteiger partial charge in [0.05, 0.1) is 0 Å². The minimum Gasteiger partial charge on any atom is -0.383 e. The average molecular weight is 260 g/mol. The summed E-state index contributed by atoms with van der Waals surface area (Å²) < 4.78 is 0. The summed E-state index contributed by atoms with van der Waals surface area (Å²) in [7, 11) is 0. The first-order valence-electron chi connectivity index (χ1n) is 7.36. The topological polar surface area (TPSA) is 15.3 Å². The first kappa shape index (κ1) is 15.6. The van der Waals surface area contributed by atoms with Crippen LogP contribution in [0.25, 0.3) is 0 Å². The van der Waals surface area contributed by atoms with Crippen molar-refractivity contribution < 1.29 is 0 Å². The zero-order valence-corrected chi connectivity index (χ0v) is 12.8. The molecule has 1 aromatic rings. The summed E-state index contributed by atoms with van der Waals surface area (Å²) in [4.78, 5) is 2.39. The molecule has 0 aliphatic carbocycles. The van der Waals surface area contributed by atoms with Crippen LogP contribution < -0.4 is 10.2 Å². The quantitative estimate of drug-likeness (QED) is 0.682. The van der Waals surface area contributed by atoms with Crippen molar-refractivity contribution in [1.29, 1.82) is 0 Å². The van der Waals surface area contributed by atoms with E-state index in [4.69, 9.17) is 0 Å². The van der Waals surface area contributed by atoms with Crippen molar-refractivity contribution in [2.45, 2.75) is 52.6 Å². The van der Waals surface area contributed by atoms with Gasteiger partial charge in [-0.2, -0.15) is 0 Å². The summed E-state index contributed by atoms with van der Waals surface area (Å²) >= 11 is 0. The maximum atomic E-state index is 3.86. The smallest absolute Gasteiger partial charge is 0.0372 e. The van der Waals surface area contributed by atoms with Crippen molar-refractivity contribution in [3.63, 3.8) is 0 Å². The monoisotopic (exact) mass is 260 g/mol. The van der Waals surface area contributed by atoms with E-state index in [-0.39, 0.29) is 0 Å². The Morgan fingerprint density at radius 1 is 1.16 bits per heavy atom. The van der Waals surface area contributed by atoms with Crippen LogP contribution in [0.2, 0.25) is 0 Å². The second-order valence-corrected chi connectivity index (χ2v) is 5.20. The Hall–Kier alpha value is -1.44. The maximum absolute atomic E-state index is 3.86. The molecule has 2 heteroatoms. The molecule has 2 atom stereocenters. The SMILES string of the molecule is C=CCN(c1ccc(NC(C)CC)cc1)C(C)CC. The Balaban J connectivity index is 2.79. The number of benzene rings is 1. The third-order valence-corrected chi connectivity index (χ3v) is 3.67. The Morgan fingerprint density at radius 2 is 1.79 bits per heavy atom. The minimum atomic E-state index is 0.518. The molecule has 0 saturated heterocycles. The fourth-order valence-electron chi connectivity index (χ4n) is 2.04. The molecule has 1 N–H and O–H groups in total. The molecule has 0 spiro atoms. The van der Waals surface area contributed by atoms with Gasteiger partial charge in [0, 0.05) is 30.0 Å². The lowest BCUT2D eigenvalue weighted by molar-refractivity contribution is 0.643. The molecule has 2 nitrogen and oxygen atoms in total. The van der Waals surface area contributed by atoms with Crippen LogP contribution in [-0.4, -0.2) is 18.6 Å². The number of anilines is 2. The molecule has 0 bridgehead atoms. The molecule has 2 unspecified atom stereocenters. The zero-order valence-electron chi connectivity index (χ0n) is 12.8. The second-order valence-electron chi connectivity index (χ2n) is 5.20. The number of nitrogens with one attached hydrogen (secondary N) is 1. The van der Waals surface area contributed by atoms with Gasteiger partial charge in [-0.15, -0.1) is 6.58 Å². The second kappa shape index (κ2) is 7.88. The molecule has 0 aromatic heterocycles. The highest BCUT2D eigenvalue weighted by molar-refractivity contribution is 5.56. The third-order valence-electron chi connectivity index (χ3n) is 3.67. The van der Waals surface area contributed by atoms with E-state index in [0.29, 0.717) is 12.1 Å². The summed E-state index contributed by atoms with van der Waals surface area (Å²) in [6.45, 7) is 13.6. The summed E-state index contributed by atoms with van der Waals surface area (Å²) in [6, 6.07) is 9.77. The molecule has 19 heavy (non-hydrogen) atoms. The maximum Gasteiger partial charge on any atom is 0.0372 e. The van der Waals surface area contributed by atoms with E-state index in [1.165, 1.54) is 11.4 Å². The zero-order chi connectivity index (χ0) is 14.3. The summed E-state index contributed by atoms with van der Waals surface area (Å²) in [5.41, 5.74) is 2.46. The van der Waals surface area contributed by atoms with Gasteiger partial charge in [-0.25, -0.2) is 0 Å². The van der Waals surface area contributed by atoms with Crippen LogP contribution in [0.4, 0.5) is 11.4 Å². The summed E-state index contributed by atoms with van der Waals surface area (Å²) in [5.74, 6) is 0. The van der Waals surface area contributed by atoms with E-state index < -0.39 is 0 Å². The molecule has 0 heterocycles. The van der Waals surface area contributed by atoms with Gasteiger partial charge in [0.25, 0.3) is 0 Å². The Kier molecular flexibility index (Phi) is 6.48. The lowest BCUT2D eigenvalue weighted by Gasteiger charge is -2.30. The normalized spacial score (nSPS) is 13.7. The third kappa shape index (κ3) is 4.62. The number of nitrogens with zero attached hydrogens (tertiary/aromatic N) is 1. The highest BCUT2D eigenvalue weighted by Gasteiger charge is 2.11. The van der Waals surface area contributed by atoms with E-state index in [1.807, 2.05) is 6.08 Å². The van der Waals surface area contributed by atoms with Crippen molar-refractivity contribution in [2.24, 2.45) is 0 Å². The Morgan fingerprint density at radius 3 is 2.26 bits per heavy atom. The molecular weight excluding hydrogens is 232 g/mol. The van der Waals surface area contributed by atoms with Crippen LogP contribution in [0.3, 0.4) is 0 Å². The van der Waals surface area contributed by atoms with Crippen LogP contribution in [0, 0.1) is 0 Å². The Bertz CT molecular complexity index is 369. The van der Waals surface area contributed by atoms with Crippen molar-refractivity contribution in [3.8, 4) is 0 Å². The number of rotatable bonds is 8. The van der Waals surface area contributed by atoms with E-state index in [9.17, 15) is 0 Å². The first-order valence-corrected chi connectivity index (χ1v) is 7.36. The van der Waals surface area contributed by atoms with Gasteiger partial charge in [0.2, 0.25) is 0 Å².